The van der Waals surface area contributed by atoms with Gasteiger partial charge in [-0.25, -0.2) is 0 Å². The van der Waals surface area contributed by atoms with E-state index in [0.717, 1.165) is 12.8 Å². The first-order valence-electron chi connectivity index (χ1n) is 7.97. The van der Waals surface area contributed by atoms with E-state index in [-0.39, 0.29) is 12.2 Å². The van der Waals surface area contributed by atoms with E-state index in [2.05, 4.69) is 76.2 Å². The summed E-state index contributed by atoms with van der Waals surface area (Å²) in [7, 11) is 0. The molecule has 2 rings (SSSR count). The van der Waals surface area contributed by atoms with Crippen molar-refractivity contribution in [1.29, 1.82) is 0 Å². The summed E-state index contributed by atoms with van der Waals surface area (Å²) < 4.78 is 6.17. The Bertz CT molecular complexity index is 488. The predicted octanol–water partition coefficient (Wildman–Crippen LogP) is 5.65. The smallest absolute Gasteiger partial charge is 0.0805 e. The Hall–Kier alpha value is -1.60. The van der Waals surface area contributed by atoms with Crippen LogP contribution in [0.25, 0.3) is 0 Å². The van der Waals surface area contributed by atoms with Gasteiger partial charge >= 0.3 is 0 Å². The van der Waals surface area contributed by atoms with Crippen LogP contribution in [-0.4, -0.2) is 0 Å². The first kappa shape index (κ1) is 15.8. The van der Waals surface area contributed by atoms with Gasteiger partial charge in [-0.1, -0.05) is 62.4 Å². The zero-order chi connectivity index (χ0) is 15.2. The molecule has 0 aliphatic heterocycles. The lowest BCUT2D eigenvalue weighted by molar-refractivity contribution is 0.00585. The second-order valence-electron chi connectivity index (χ2n) is 5.61. The molecule has 2 aromatic carbocycles. The molecule has 112 valence electrons. The van der Waals surface area contributed by atoms with Crippen molar-refractivity contribution >= 4 is 0 Å². The predicted molar refractivity (Wildman–Crippen MR) is 89.6 cm³/mol. The molecule has 0 amide bonds. The normalized spacial score (nSPS) is 13.9. The van der Waals surface area contributed by atoms with E-state index in [1.54, 1.807) is 0 Å². The van der Waals surface area contributed by atoms with Gasteiger partial charge in [-0.05, 0) is 48.9 Å². The second kappa shape index (κ2) is 7.42. The van der Waals surface area contributed by atoms with Crippen molar-refractivity contribution < 1.29 is 4.74 Å². The Morgan fingerprint density at radius 1 is 0.667 bits per heavy atom. The monoisotopic (exact) mass is 282 g/mol. The third-order valence-electron chi connectivity index (χ3n) is 4.12. The first-order valence-corrected chi connectivity index (χ1v) is 7.97. The molecule has 0 aromatic heterocycles. The lowest BCUT2D eigenvalue weighted by Crippen LogP contribution is -2.05. The molecule has 0 saturated heterocycles. The van der Waals surface area contributed by atoms with Gasteiger partial charge in [0.05, 0.1) is 12.2 Å². The van der Waals surface area contributed by atoms with Gasteiger partial charge in [-0.2, -0.15) is 0 Å². The third kappa shape index (κ3) is 4.18. The average molecular weight is 282 g/mol. The molecule has 0 spiro atoms. The molecule has 0 heterocycles. The second-order valence-corrected chi connectivity index (χ2v) is 5.61. The van der Waals surface area contributed by atoms with Crippen LogP contribution in [0.1, 0.15) is 62.2 Å². The van der Waals surface area contributed by atoms with E-state index < -0.39 is 0 Å². The molecule has 0 aliphatic rings. The molecule has 1 heteroatoms. The average Bonchev–Trinajstić information content (AvgIpc) is 2.55. The number of aryl methyl sites for hydroxylation is 2. The summed E-state index contributed by atoms with van der Waals surface area (Å²) in [5.74, 6) is 0. The molecule has 0 radical (unpaired) electrons. The Kier molecular flexibility index (Phi) is 5.58. The van der Waals surface area contributed by atoms with E-state index in [9.17, 15) is 0 Å². The molecule has 0 N–H and O–H groups in total. The summed E-state index contributed by atoms with van der Waals surface area (Å²) in [5, 5.41) is 0. The fourth-order valence-corrected chi connectivity index (χ4v) is 2.51. The fourth-order valence-electron chi connectivity index (χ4n) is 2.51. The number of benzene rings is 2. The highest BCUT2D eigenvalue weighted by atomic mass is 16.5. The van der Waals surface area contributed by atoms with E-state index in [4.69, 9.17) is 4.74 Å². The molecular weight excluding hydrogens is 256 g/mol. The van der Waals surface area contributed by atoms with Crippen LogP contribution in [-0.2, 0) is 17.6 Å². The van der Waals surface area contributed by atoms with Gasteiger partial charge in [0.2, 0.25) is 0 Å². The minimum Gasteiger partial charge on any atom is -0.366 e. The van der Waals surface area contributed by atoms with Gasteiger partial charge in [0, 0.05) is 0 Å². The topological polar surface area (TPSA) is 9.23 Å². The number of hydrogen-bond donors (Lipinski definition) is 0. The maximum atomic E-state index is 6.17. The first-order chi connectivity index (χ1) is 10.1. The molecule has 0 fully saturated rings. The molecule has 0 saturated carbocycles. The number of hydrogen-bond acceptors (Lipinski definition) is 1. The number of ether oxygens (including phenoxy) is 1. The van der Waals surface area contributed by atoms with Gasteiger partial charge in [0.1, 0.15) is 0 Å². The standard InChI is InChI=1S/C20H26O/c1-5-17-7-11-19(12-8-17)15(3)21-16(4)20-13-9-18(6-2)10-14-20/h7-16H,5-6H2,1-4H3. The summed E-state index contributed by atoms with van der Waals surface area (Å²) in [6.45, 7) is 8.60. The Morgan fingerprint density at radius 3 is 1.29 bits per heavy atom. The van der Waals surface area contributed by atoms with E-state index >= 15 is 0 Å². The maximum absolute atomic E-state index is 6.17. The van der Waals surface area contributed by atoms with Crippen molar-refractivity contribution in [2.24, 2.45) is 0 Å². The SMILES string of the molecule is CCc1ccc(C(C)OC(C)c2ccc(CC)cc2)cc1. The van der Waals surface area contributed by atoms with Gasteiger partial charge in [0.15, 0.2) is 0 Å². The van der Waals surface area contributed by atoms with Gasteiger partial charge in [-0.3, -0.25) is 0 Å². The summed E-state index contributed by atoms with van der Waals surface area (Å²) in [4.78, 5) is 0. The highest BCUT2D eigenvalue weighted by Gasteiger charge is 2.12. The molecule has 2 unspecified atom stereocenters. The van der Waals surface area contributed by atoms with Crippen molar-refractivity contribution in [2.45, 2.75) is 52.7 Å². The van der Waals surface area contributed by atoms with Crippen LogP contribution in [0.3, 0.4) is 0 Å². The lowest BCUT2D eigenvalue weighted by atomic mass is 10.0. The summed E-state index contributed by atoms with van der Waals surface area (Å²) in [5.41, 5.74) is 5.22. The van der Waals surface area contributed by atoms with Crippen LogP contribution in [0.2, 0.25) is 0 Å². The quantitative estimate of drug-likeness (QED) is 0.665. The van der Waals surface area contributed by atoms with Gasteiger partial charge in [0.25, 0.3) is 0 Å². The molecule has 2 atom stereocenters. The molecule has 0 aliphatic carbocycles. The van der Waals surface area contributed by atoms with Crippen LogP contribution < -0.4 is 0 Å². The minimum atomic E-state index is 0.108. The van der Waals surface area contributed by atoms with Gasteiger partial charge in [-0.15, -0.1) is 0 Å². The Balaban J connectivity index is 2.01. The highest BCUT2D eigenvalue weighted by molar-refractivity contribution is 5.26. The van der Waals surface area contributed by atoms with Crippen molar-refractivity contribution in [3.8, 4) is 0 Å². The van der Waals surface area contributed by atoms with E-state index in [1.807, 2.05) is 0 Å². The van der Waals surface area contributed by atoms with Crippen molar-refractivity contribution in [2.75, 3.05) is 0 Å². The van der Waals surface area contributed by atoms with Crippen LogP contribution >= 0.6 is 0 Å². The Labute approximate surface area is 129 Å². The van der Waals surface area contributed by atoms with Crippen LogP contribution in [0, 0.1) is 0 Å². The molecular formula is C20H26O. The zero-order valence-electron chi connectivity index (χ0n) is 13.6. The highest BCUT2D eigenvalue weighted by Crippen LogP contribution is 2.26. The maximum Gasteiger partial charge on any atom is 0.0805 e. The minimum absolute atomic E-state index is 0.108. The van der Waals surface area contributed by atoms with E-state index in [0.29, 0.717) is 0 Å². The van der Waals surface area contributed by atoms with Crippen molar-refractivity contribution in [3.63, 3.8) is 0 Å². The zero-order valence-corrected chi connectivity index (χ0v) is 13.6. The summed E-state index contributed by atoms with van der Waals surface area (Å²) in [6, 6.07) is 17.5. The third-order valence-corrected chi connectivity index (χ3v) is 4.12. The molecule has 0 bridgehead atoms. The fraction of sp³-hybridized carbons (Fsp3) is 0.400. The Morgan fingerprint density at radius 2 is 1.00 bits per heavy atom. The summed E-state index contributed by atoms with van der Waals surface area (Å²) in [6.07, 6.45) is 2.37. The van der Waals surface area contributed by atoms with Crippen LogP contribution in [0.5, 0.6) is 0 Å². The molecule has 1 nitrogen and oxygen atoms in total. The van der Waals surface area contributed by atoms with Crippen molar-refractivity contribution in [3.05, 3.63) is 70.8 Å². The van der Waals surface area contributed by atoms with Gasteiger partial charge < -0.3 is 4.74 Å². The lowest BCUT2D eigenvalue weighted by Gasteiger charge is -2.20. The molecule has 21 heavy (non-hydrogen) atoms. The van der Waals surface area contributed by atoms with Crippen LogP contribution in [0.15, 0.2) is 48.5 Å². The van der Waals surface area contributed by atoms with Crippen LogP contribution in [0.4, 0.5) is 0 Å². The van der Waals surface area contributed by atoms with Crippen molar-refractivity contribution in [1.82, 2.24) is 0 Å². The largest absolute Gasteiger partial charge is 0.366 e. The summed E-state index contributed by atoms with van der Waals surface area (Å²) >= 11 is 0. The van der Waals surface area contributed by atoms with E-state index in [1.165, 1.54) is 22.3 Å². The number of rotatable bonds is 6. The molecule has 2 aromatic rings.